The van der Waals surface area contributed by atoms with E-state index >= 15 is 0 Å². The van der Waals surface area contributed by atoms with E-state index in [1.54, 1.807) is 0 Å². The minimum absolute atomic E-state index is 0.375. The highest BCUT2D eigenvalue weighted by atomic mass is 15.2. The number of hydrogen-bond donors (Lipinski definition) is 0. The number of rotatable bonds is 4. The third-order valence-corrected chi connectivity index (χ3v) is 4.53. The van der Waals surface area contributed by atoms with Crippen molar-refractivity contribution in [3.05, 3.63) is 30.1 Å². The summed E-state index contributed by atoms with van der Waals surface area (Å²) in [5.74, 6) is 1.03. The molecule has 1 fully saturated rings. The molecule has 2 heterocycles. The maximum absolute atomic E-state index is 9.11. The van der Waals surface area contributed by atoms with Crippen LogP contribution in [-0.4, -0.2) is 27.0 Å². The van der Waals surface area contributed by atoms with Crippen LogP contribution >= 0.6 is 0 Å². The van der Waals surface area contributed by atoms with Crippen LogP contribution in [0.2, 0.25) is 0 Å². The van der Waals surface area contributed by atoms with Crippen LogP contribution in [0, 0.1) is 11.3 Å². The second-order valence-corrected chi connectivity index (χ2v) is 5.79. The predicted molar refractivity (Wildman–Crippen MR) is 83.7 cm³/mol. The maximum atomic E-state index is 9.11. The van der Waals surface area contributed by atoms with Crippen LogP contribution in [0.1, 0.15) is 38.4 Å². The first-order chi connectivity index (χ1) is 10.3. The van der Waals surface area contributed by atoms with E-state index in [0.717, 1.165) is 29.9 Å². The van der Waals surface area contributed by atoms with Gasteiger partial charge in [-0.1, -0.05) is 25.5 Å². The summed E-state index contributed by atoms with van der Waals surface area (Å²) in [6.45, 7) is 4.64. The molecule has 2 aromatic rings. The summed E-state index contributed by atoms with van der Waals surface area (Å²) in [6.07, 6.45) is 5.09. The molecule has 1 aliphatic heterocycles. The van der Waals surface area contributed by atoms with Gasteiger partial charge in [-0.05, 0) is 37.9 Å². The average Bonchev–Trinajstić information content (AvgIpc) is 2.86. The van der Waals surface area contributed by atoms with E-state index in [4.69, 9.17) is 10.2 Å². The molecule has 21 heavy (non-hydrogen) atoms. The van der Waals surface area contributed by atoms with E-state index < -0.39 is 0 Å². The summed E-state index contributed by atoms with van der Waals surface area (Å²) in [5, 5.41) is 9.11. The molecule has 0 amide bonds. The minimum atomic E-state index is 0.375. The van der Waals surface area contributed by atoms with Crippen LogP contribution in [0.3, 0.4) is 0 Å². The van der Waals surface area contributed by atoms with Crippen molar-refractivity contribution in [1.82, 2.24) is 14.5 Å². The maximum Gasteiger partial charge on any atom is 0.125 e. The molecule has 4 nitrogen and oxygen atoms in total. The van der Waals surface area contributed by atoms with Crippen molar-refractivity contribution in [2.24, 2.45) is 0 Å². The molecule has 1 aromatic carbocycles. The molecule has 0 aliphatic carbocycles. The van der Waals surface area contributed by atoms with Gasteiger partial charge in [0.25, 0.3) is 0 Å². The number of aromatic nitrogens is 2. The number of piperidine rings is 1. The second kappa shape index (κ2) is 6.28. The number of fused-ring (bicyclic) bond motifs is 1. The Kier molecular flexibility index (Phi) is 4.21. The third-order valence-electron chi connectivity index (χ3n) is 4.53. The van der Waals surface area contributed by atoms with Crippen molar-refractivity contribution in [3.8, 4) is 6.07 Å². The second-order valence-electron chi connectivity index (χ2n) is 5.79. The molecule has 3 rings (SSSR count). The van der Waals surface area contributed by atoms with Crippen LogP contribution in [-0.2, 0) is 13.1 Å². The number of imidazole rings is 1. The highest BCUT2D eigenvalue weighted by Gasteiger charge is 2.23. The molecule has 1 aliphatic rings. The quantitative estimate of drug-likeness (QED) is 0.864. The zero-order chi connectivity index (χ0) is 14.7. The number of benzene rings is 1. The number of nitrogens with zero attached hydrogens (tertiary/aromatic N) is 4. The van der Waals surface area contributed by atoms with Gasteiger partial charge >= 0.3 is 0 Å². The van der Waals surface area contributed by atoms with Gasteiger partial charge in [0.2, 0.25) is 0 Å². The first kappa shape index (κ1) is 14.1. The zero-order valence-corrected chi connectivity index (χ0v) is 12.6. The summed E-state index contributed by atoms with van der Waals surface area (Å²) < 4.78 is 2.07. The Morgan fingerprint density at radius 2 is 2.19 bits per heavy atom. The lowest BCUT2D eigenvalue weighted by molar-refractivity contribution is 0.131. The molecule has 4 heteroatoms. The summed E-state index contributed by atoms with van der Waals surface area (Å²) in [7, 11) is 0. The highest BCUT2D eigenvalue weighted by molar-refractivity contribution is 5.76. The largest absolute Gasteiger partial charge is 0.313 e. The summed E-state index contributed by atoms with van der Waals surface area (Å²) in [6, 6.07) is 11.0. The lowest BCUT2D eigenvalue weighted by Gasteiger charge is -2.34. The van der Waals surface area contributed by atoms with Crippen LogP contribution < -0.4 is 0 Å². The fraction of sp³-hybridized carbons (Fsp3) is 0.529. The number of nitriles is 1. The molecule has 1 unspecified atom stereocenters. The molecule has 1 atom stereocenters. The Hall–Kier alpha value is -1.86. The number of likely N-dealkylation sites (tertiary alicyclic amines) is 1. The fourth-order valence-electron chi connectivity index (χ4n) is 3.41. The zero-order valence-electron chi connectivity index (χ0n) is 12.6. The predicted octanol–water partition coefficient (Wildman–Crippen LogP) is 3.32. The van der Waals surface area contributed by atoms with Crippen molar-refractivity contribution in [3.63, 3.8) is 0 Å². The molecule has 0 N–H and O–H groups in total. The SMILES string of the molecule is CCC1CCCCN1Cc1nc2ccccc2n1CC#N. The molecule has 110 valence electrons. The van der Waals surface area contributed by atoms with E-state index in [9.17, 15) is 0 Å². The van der Waals surface area contributed by atoms with Gasteiger partial charge in [0, 0.05) is 6.04 Å². The van der Waals surface area contributed by atoms with E-state index in [1.165, 1.54) is 25.7 Å². The fourth-order valence-corrected chi connectivity index (χ4v) is 3.41. The van der Waals surface area contributed by atoms with Gasteiger partial charge in [-0.2, -0.15) is 5.26 Å². The van der Waals surface area contributed by atoms with Crippen LogP contribution in [0.5, 0.6) is 0 Å². The Bertz CT molecular complexity index is 652. The Labute approximate surface area is 126 Å². The van der Waals surface area contributed by atoms with Gasteiger partial charge < -0.3 is 4.57 Å². The first-order valence-electron chi connectivity index (χ1n) is 7.88. The Balaban J connectivity index is 1.92. The van der Waals surface area contributed by atoms with Crippen molar-refractivity contribution in [2.75, 3.05) is 6.54 Å². The molecular weight excluding hydrogens is 260 g/mol. The molecular formula is C17H22N4. The molecule has 1 saturated heterocycles. The van der Waals surface area contributed by atoms with E-state index in [1.807, 2.05) is 18.2 Å². The summed E-state index contributed by atoms with van der Waals surface area (Å²) >= 11 is 0. The van der Waals surface area contributed by atoms with E-state index in [-0.39, 0.29) is 0 Å². The van der Waals surface area contributed by atoms with E-state index in [2.05, 4.69) is 28.5 Å². The lowest BCUT2D eigenvalue weighted by atomic mass is 10.0. The molecule has 0 saturated carbocycles. The number of para-hydroxylation sites is 2. The molecule has 0 radical (unpaired) electrons. The van der Waals surface area contributed by atoms with Gasteiger partial charge in [-0.25, -0.2) is 4.98 Å². The first-order valence-corrected chi connectivity index (χ1v) is 7.88. The standard InChI is InChI=1S/C17H22N4/c1-2-14-7-5-6-11-20(14)13-17-19-15-8-3-4-9-16(15)21(17)12-10-18/h3-4,8-9,14H,2,5-7,11-13H2,1H3. The van der Waals surface area contributed by atoms with Gasteiger partial charge in [0.1, 0.15) is 12.4 Å². The van der Waals surface area contributed by atoms with Crippen molar-refractivity contribution >= 4 is 11.0 Å². The van der Waals surface area contributed by atoms with Crippen LogP contribution in [0.15, 0.2) is 24.3 Å². The molecule has 0 spiro atoms. The van der Waals surface area contributed by atoms with Gasteiger partial charge in [-0.3, -0.25) is 4.90 Å². The Morgan fingerprint density at radius 1 is 1.33 bits per heavy atom. The minimum Gasteiger partial charge on any atom is -0.313 e. The highest BCUT2D eigenvalue weighted by Crippen LogP contribution is 2.23. The summed E-state index contributed by atoms with van der Waals surface area (Å²) in [5.41, 5.74) is 2.06. The average molecular weight is 282 g/mol. The van der Waals surface area contributed by atoms with Gasteiger partial charge in [0.15, 0.2) is 0 Å². The van der Waals surface area contributed by atoms with Crippen molar-refractivity contribution in [2.45, 2.75) is 51.7 Å². The van der Waals surface area contributed by atoms with Crippen molar-refractivity contribution in [1.29, 1.82) is 5.26 Å². The Morgan fingerprint density at radius 3 is 3.00 bits per heavy atom. The molecule has 0 bridgehead atoms. The van der Waals surface area contributed by atoms with E-state index in [0.29, 0.717) is 12.6 Å². The van der Waals surface area contributed by atoms with Crippen LogP contribution in [0.4, 0.5) is 0 Å². The normalized spacial score (nSPS) is 19.7. The third kappa shape index (κ3) is 2.79. The smallest absolute Gasteiger partial charge is 0.125 e. The monoisotopic (exact) mass is 282 g/mol. The molecule has 1 aromatic heterocycles. The van der Waals surface area contributed by atoms with Crippen molar-refractivity contribution < 1.29 is 0 Å². The topological polar surface area (TPSA) is 44.9 Å². The number of hydrogen-bond acceptors (Lipinski definition) is 3. The summed E-state index contributed by atoms with van der Waals surface area (Å²) in [4.78, 5) is 7.30. The van der Waals surface area contributed by atoms with Crippen LogP contribution in [0.25, 0.3) is 11.0 Å². The van der Waals surface area contributed by atoms with Gasteiger partial charge in [-0.15, -0.1) is 0 Å². The lowest BCUT2D eigenvalue weighted by Crippen LogP contribution is -2.39. The van der Waals surface area contributed by atoms with Gasteiger partial charge in [0.05, 0.1) is 23.6 Å².